The SMILES string of the molecule is CC(NC(=O)C(C)NC(=O)C(Cc1ccc(O)cc1)NC(=O)C(N)C(C)O)C(=O)O. The first-order valence-corrected chi connectivity index (χ1v) is 9.27. The van der Waals surface area contributed by atoms with Gasteiger partial charge < -0.3 is 37.0 Å². The third-order valence-electron chi connectivity index (χ3n) is 4.31. The molecule has 0 saturated heterocycles. The molecule has 166 valence electrons. The van der Waals surface area contributed by atoms with Gasteiger partial charge in [0.15, 0.2) is 0 Å². The molecule has 11 nitrogen and oxygen atoms in total. The van der Waals surface area contributed by atoms with Crippen LogP contribution in [0.5, 0.6) is 5.75 Å². The minimum absolute atomic E-state index is 0.0181. The van der Waals surface area contributed by atoms with Crippen LogP contribution < -0.4 is 21.7 Å². The Hall–Kier alpha value is -3.18. The van der Waals surface area contributed by atoms with Crippen molar-refractivity contribution in [2.75, 3.05) is 0 Å². The molecule has 1 aromatic carbocycles. The topological polar surface area (TPSA) is 191 Å². The van der Waals surface area contributed by atoms with Crippen molar-refractivity contribution in [1.29, 1.82) is 0 Å². The van der Waals surface area contributed by atoms with Crippen LogP contribution in [0, 0.1) is 0 Å². The van der Waals surface area contributed by atoms with Crippen molar-refractivity contribution in [3.63, 3.8) is 0 Å². The Kier molecular flexibility index (Phi) is 9.21. The van der Waals surface area contributed by atoms with Crippen molar-refractivity contribution in [3.05, 3.63) is 29.8 Å². The van der Waals surface area contributed by atoms with E-state index in [-0.39, 0.29) is 12.2 Å². The first-order valence-electron chi connectivity index (χ1n) is 9.27. The number of carboxylic acid groups (broad SMARTS) is 1. The number of carbonyl (C=O) groups excluding carboxylic acids is 3. The molecule has 0 fully saturated rings. The molecular weight excluding hydrogens is 396 g/mol. The fraction of sp³-hybridized carbons (Fsp3) is 0.474. The Labute approximate surface area is 173 Å². The molecule has 30 heavy (non-hydrogen) atoms. The molecule has 0 aromatic heterocycles. The van der Waals surface area contributed by atoms with Gasteiger partial charge in [0.1, 0.15) is 29.9 Å². The van der Waals surface area contributed by atoms with Crippen molar-refractivity contribution in [2.45, 2.75) is 57.5 Å². The van der Waals surface area contributed by atoms with Crippen molar-refractivity contribution >= 4 is 23.7 Å². The van der Waals surface area contributed by atoms with Gasteiger partial charge in [0.25, 0.3) is 0 Å². The predicted molar refractivity (Wildman–Crippen MR) is 106 cm³/mol. The van der Waals surface area contributed by atoms with Gasteiger partial charge in [-0.05, 0) is 38.5 Å². The largest absolute Gasteiger partial charge is 0.508 e. The number of aliphatic carboxylic acids is 1. The maximum absolute atomic E-state index is 12.7. The van der Waals surface area contributed by atoms with Crippen LogP contribution in [-0.4, -0.2) is 69.3 Å². The number of hydrogen-bond acceptors (Lipinski definition) is 7. The zero-order chi connectivity index (χ0) is 23.0. The summed E-state index contributed by atoms with van der Waals surface area (Å²) in [6.07, 6.45) is -1.13. The highest BCUT2D eigenvalue weighted by molar-refractivity contribution is 5.94. The molecule has 0 radical (unpaired) electrons. The van der Waals surface area contributed by atoms with Crippen LogP contribution in [0.3, 0.4) is 0 Å². The number of carboxylic acids is 1. The minimum Gasteiger partial charge on any atom is -0.508 e. The summed E-state index contributed by atoms with van der Waals surface area (Å²) in [5.41, 5.74) is 6.21. The summed E-state index contributed by atoms with van der Waals surface area (Å²) >= 11 is 0. The van der Waals surface area contributed by atoms with E-state index >= 15 is 0 Å². The highest BCUT2D eigenvalue weighted by Crippen LogP contribution is 2.12. The predicted octanol–water partition coefficient (Wildman–Crippen LogP) is -1.78. The van der Waals surface area contributed by atoms with Crippen LogP contribution in [0.25, 0.3) is 0 Å². The summed E-state index contributed by atoms with van der Waals surface area (Å²) in [4.78, 5) is 47.9. The standard InChI is InChI=1S/C19H28N4O7/c1-9(16(26)22-10(2)19(29)30)21-17(27)14(23-18(28)15(20)11(3)24)8-12-4-6-13(25)7-5-12/h4-7,9-11,14-15,24-25H,8,20H2,1-3H3,(H,21,27)(H,22,26)(H,23,28)(H,29,30). The third-order valence-corrected chi connectivity index (χ3v) is 4.31. The number of aliphatic hydroxyl groups is 1. The van der Waals surface area contributed by atoms with E-state index in [9.17, 15) is 29.4 Å². The van der Waals surface area contributed by atoms with Gasteiger partial charge in [-0.3, -0.25) is 19.2 Å². The van der Waals surface area contributed by atoms with E-state index in [2.05, 4.69) is 16.0 Å². The maximum Gasteiger partial charge on any atom is 0.325 e. The minimum atomic E-state index is -1.27. The molecule has 1 aromatic rings. The van der Waals surface area contributed by atoms with E-state index in [4.69, 9.17) is 10.8 Å². The number of carbonyl (C=O) groups is 4. The van der Waals surface area contributed by atoms with E-state index in [1.165, 1.54) is 32.9 Å². The van der Waals surface area contributed by atoms with Gasteiger partial charge >= 0.3 is 5.97 Å². The molecular formula is C19H28N4O7. The fourth-order valence-corrected chi connectivity index (χ4v) is 2.34. The number of benzene rings is 1. The second-order valence-corrected chi connectivity index (χ2v) is 7.00. The van der Waals surface area contributed by atoms with E-state index in [0.717, 1.165) is 0 Å². The van der Waals surface area contributed by atoms with Gasteiger partial charge in [-0.2, -0.15) is 0 Å². The quantitative estimate of drug-likeness (QED) is 0.229. The third kappa shape index (κ3) is 7.68. The summed E-state index contributed by atoms with van der Waals surface area (Å²) in [6.45, 7) is 3.97. The molecule has 3 amide bonds. The molecule has 0 aliphatic rings. The lowest BCUT2D eigenvalue weighted by Crippen LogP contribution is -2.57. The summed E-state index contributed by atoms with van der Waals surface area (Å²) in [7, 11) is 0. The van der Waals surface area contributed by atoms with Crippen LogP contribution >= 0.6 is 0 Å². The van der Waals surface area contributed by atoms with Crippen LogP contribution in [0.1, 0.15) is 26.3 Å². The number of rotatable bonds is 10. The maximum atomic E-state index is 12.7. The zero-order valence-electron chi connectivity index (χ0n) is 17.0. The van der Waals surface area contributed by atoms with Crippen molar-refractivity contribution < 1.29 is 34.5 Å². The Bertz CT molecular complexity index is 767. The van der Waals surface area contributed by atoms with Gasteiger partial charge in [0.05, 0.1) is 6.10 Å². The van der Waals surface area contributed by atoms with Gasteiger partial charge in [0, 0.05) is 6.42 Å². The molecule has 0 bridgehead atoms. The Balaban J connectivity index is 2.91. The second kappa shape index (κ2) is 11.1. The van der Waals surface area contributed by atoms with E-state index in [1.807, 2.05) is 0 Å². The van der Waals surface area contributed by atoms with Crippen molar-refractivity contribution in [2.24, 2.45) is 5.73 Å². The highest BCUT2D eigenvalue weighted by Gasteiger charge is 2.28. The van der Waals surface area contributed by atoms with E-state index in [1.54, 1.807) is 12.1 Å². The molecule has 5 atom stereocenters. The molecule has 0 aliphatic carbocycles. The first-order chi connectivity index (χ1) is 13.9. The number of amides is 3. The molecule has 0 spiro atoms. The second-order valence-electron chi connectivity index (χ2n) is 7.00. The number of aromatic hydroxyl groups is 1. The Morgan fingerprint density at radius 1 is 0.900 bits per heavy atom. The van der Waals surface area contributed by atoms with E-state index < -0.39 is 54.0 Å². The normalized spacial score (nSPS) is 15.8. The first kappa shape index (κ1) is 24.9. The average molecular weight is 424 g/mol. The molecule has 11 heteroatoms. The number of phenolic OH excluding ortho intramolecular Hbond substituents is 1. The molecule has 0 saturated carbocycles. The molecule has 5 unspecified atom stereocenters. The number of hydrogen-bond donors (Lipinski definition) is 7. The monoisotopic (exact) mass is 424 g/mol. The Morgan fingerprint density at radius 2 is 1.43 bits per heavy atom. The molecule has 8 N–H and O–H groups in total. The summed E-state index contributed by atoms with van der Waals surface area (Å²) in [5, 5.41) is 34.8. The number of nitrogens with one attached hydrogen (secondary N) is 3. The number of nitrogens with two attached hydrogens (primary N) is 1. The zero-order valence-corrected chi connectivity index (χ0v) is 17.0. The molecule has 0 aliphatic heterocycles. The highest BCUT2D eigenvalue weighted by atomic mass is 16.4. The fourth-order valence-electron chi connectivity index (χ4n) is 2.34. The lowest BCUT2D eigenvalue weighted by molar-refractivity contribution is -0.141. The van der Waals surface area contributed by atoms with Crippen LogP contribution in [0.4, 0.5) is 0 Å². The van der Waals surface area contributed by atoms with Crippen LogP contribution in [0.15, 0.2) is 24.3 Å². The summed E-state index contributed by atoms with van der Waals surface area (Å²) in [6, 6.07) is 1.31. The van der Waals surface area contributed by atoms with Crippen LogP contribution in [-0.2, 0) is 25.6 Å². The van der Waals surface area contributed by atoms with E-state index in [0.29, 0.717) is 5.56 Å². The lowest BCUT2D eigenvalue weighted by atomic mass is 10.0. The summed E-state index contributed by atoms with van der Waals surface area (Å²) < 4.78 is 0. The number of aliphatic hydroxyl groups excluding tert-OH is 1. The average Bonchev–Trinajstić information content (AvgIpc) is 2.67. The van der Waals surface area contributed by atoms with Gasteiger partial charge in [-0.25, -0.2) is 0 Å². The molecule has 1 rings (SSSR count). The van der Waals surface area contributed by atoms with Gasteiger partial charge in [-0.15, -0.1) is 0 Å². The summed E-state index contributed by atoms with van der Waals surface area (Å²) in [5.74, 6) is -3.39. The van der Waals surface area contributed by atoms with Gasteiger partial charge in [0.2, 0.25) is 17.7 Å². The lowest BCUT2D eigenvalue weighted by Gasteiger charge is -2.24. The van der Waals surface area contributed by atoms with Crippen molar-refractivity contribution in [3.8, 4) is 5.75 Å². The van der Waals surface area contributed by atoms with Crippen LogP contribution in [0.2, 0.25) is 0 Å². The molecule has 0 heterocycles. The smallest absolute Gasteiger partial charge is 0.325 e. The van der Waals surface area contributed by atoms with Gasteiger partial charge in [-0.1, -0.05) is 12.1 Å². The number of phenols is 1. The Morgan fingerprint density at radius 3 is 1.93 bits per heavy atom. The van der Waals surface area contributed by atoms with Crippen molar-refractivity contribution in [1.82, 2.24) is 16.0 Å².